The van der Waals surface area contributed by atoms with Gasteiger partial charge in [-0.15, -0.1) is 0 Å². The number of anilines is 1. The van der Waals surface area contributed by atoms with Crippen molar-refractivity contribution in [3.8, 4) is 0 Å². The van der Waals surface area contributed by atoms with E-state index in [2.05, 4.69) is 15.3 Å². The van der Waals surface area contributed by atoms with Gasteiger partial charge in [0.15, 0.2) is 11.0 Å². The van der Waals surface area contributed by atoms with Crippen LogP contribution in [0.2, 0.25) is 5.15 Å². The standard InChI is InChI=1S/C13H13ClN4O2/c14-11-12(17-10-4-2-1-3-9(10)16-11)18-13(19)7-5-20-6-8(7)15/h1-4,7-8H,5-6,15H2,(H,17,18,19). The fourth-order valence-corrected chi connectivity index (χ4v) is 2.29. The zero-order valence-electron chi connectivity index (χ0n) is 10.5. The van der Waals surface area contributed by atoms with Crippen LogP contribution in [-0.2, 0) is 9.53 Å². The van der Waals surface area contributed by atoms with Crippen LogP contribution in [0, 0.1) is 5.92 Å². The van der Waals surface area contributed by atoms with Crippen molar-refractivity contribution in [2.24, 2.45) is 11.7 Å². The molecule has 2 heterocycles. The van der Waals surface area contributed by atoms with E-state index < -0.39 is 0 Å². The van der Waals surface area contributed by atoms with Gasteiger partial charge in [-0.1, -0.05) is 23.7 Å². The van der Waals surface area contributed by atoms with Crippen molar-refractivity contribution in [2.45, 2.75) is 6.04 Å². The molecule has 1 saturated heterocycles. The van der Waals surface area contributed by atoms with Crippen LogP contribution in [0.3, 0.4) is 0 Å². The molecule has 0 spiro atoms. The molecule has 0 bridgehead atoms. The number of rotatable bonds is 2. The second-order valence-corrected chi connectivity index (χ2v) is 5.01. The van der Waals surface area contributed by atoms with Crippen LogP contribution in [0.25, 0.3) is 11.0 Å². The van der Waals surface area contributed by atoms with E-state index in [0.717, 1.165) is 0 Å². The smallest absolute Gasteiger partial charge is 0.232 e. The summed E-state index contributed by atoms with van der Waals surface area (Å²) in [5, 5.41) is 2.83. The van der Waals surface area contributed by atoms with E-state index in [-0.39, 0.29) is 28.8 Å². The summed E-state index contributed by atoms with van der Waals surface area (Å²) < 4.78 is 5.17. The van der Waals surface area contributed by atoms with E-state index in [1.807, 2.05) is 12.1 Å². The molecule has 1 aromatic carbocycles. The van der Waals surface area contributed by atoms with Gasteiger partial charge in [0, 0.05) is 6.04 Å². The van der Waals surface area contributed by atoms with Gasteiger partial charge in [-0.3, -0.25) is 4.79 Å². The van der Waals surface area contributed by atoms with E-state index in [9.17, 15) is 4.79 Å². The fourth-order valence-electron chi connectivity index (χ4n) is 2.11. The SMILES string of the molecule is NC1COCC1C(=O)Nc1nc2ccccc2nc1Cl. The highest BCUT2D eigenvalue weighted by atomic mass is 35.5. The lowest BCUT2D eigenvalue weighted by Gasteiger charge is -2.13. The third kappa shape index (κ3) is 2.45. The first-order valence-corrected chi connectivity index (χ1v) is 6.59. The third-order valence-corrected chi connectivity index (χ3v) is 3.49. The van der Waals surface area contributed by atoms with Gasteiger partial charge >= 0.3 is 0 Å². The van der Waals surface area contributed by atoms with Crippen molar-refractivity contribution < 1.29 is 9.53 Å². The molecule has 104 valence electrons. The van der Waals surface area contributed by atoms with Gasteiger partial charge < -0.3 is 15.8 Å². The molecule has 1 aromatic heterocycles. The monoisotopic (exact) mass is 292 g/mol. The Hall–Kier alpha value is -1.76. The highest BCUT2D eigenvalue weighted by molar-refractivity contribution is 6.32. The van der Waals surface area contributed by atoms with Crippen molar-refractivity contribution in [1.29, 1.82) is 0 Å². The van der Waals surface area contributed by atoms with Crippen LogP contribution in [-0.4, -0.2) is 35.1 Å². The normalized spacial score (nSPS) is 22.1. The molecule has 20 heavy (non-hydrogen) atoms. The number of nitrogens with zero attached hydrogens (tertiary/aromatic N) is 2. The Kier molecular flexibility index (Phi) is 3.52. The molecule has 0 radical (unpaired) electrons. The number of amides is 1. The first-order chi connectivity index (χ1) is 9.65. The number of nitrogens with one attached hydrogen (secondary N) is 1. The molecule has 1 aliphatic rings. The molecule has 2 unspecified atom stereocenters. The maximum atomic E-state index is 12.1. The largest absolute Gasteiger partial charge is 0.379 e. The number of ether oxygens (including phenoxy) is 1. The minimum atomic E-state index is -0.390. The number of aromatic nitrogens is 2. The van der Waals surface area contributed by atoms with Gasteiger partial charge in [0.25, 0.3) is 0 Å². The lowest BCUT2D eigenvalue weighted by molar-refractivity contribution is -0.120. The molecule has 1 fully saturated rings. The number of para-hydroxylation sites is 2. The molecular weight excluding hydrogens is 280 g/mol. The number of carbonyl (C=O) groups is 1. The summed E-state index contributed by atoms with van der Waals surface area (Å²) in [7, 11) is 0. The van der Waals surface area contributed by atoms with E-state index >= 15 is 0 Å². The van der Waals surface area contributed by atoms with Gasteiger partial charge in [-0.05, 0) is 12.1 Å². The number of hydrogen-bond donors (Lipinski definition) is 2. The molecule has 7 heteroatoms. The van der Waals surface area contributed by atoms with Crippen molar-refractivity contribution >= 4 is 34.4 Å². The van der Waals surface area contributed by atoms with Crippen LogP contribution in [0.15, 0.2) is 24.3 Å². The average Bonchev–Trinajstić information content (AvgIpc) is 2.86. The summed E-state index contributed by atoms with van der Waals surface area (Å²) in [4.78, 5) is 20.6. The topological polar surface area (TPSA) is 90.1 Å². The first kappa shape index (κ1) is 13.2. The minimum absolute atomic E-state index is 0.157. The first-order valence-electron chi connectivity index (χ1n) is 6.21. The van der Waals surface area contributed by atoms with Gasteiger partial charge in [0.2, 0.25) is 5.91 Å². The summed E-state index contributed by atoms with van der Waals surface area (Å²) >= 11 is 6.04. The van der Waals surface area contributed by atoms with Crippen molar-refractivity contribution in [3.05, 3.63) is 29.4 Å². The van der Waals surface area contributed by atoms with Gasteiger partial charge in [0.1, 0.15) is 0 Å². The zero-order valence-corrected chi connectivity index (χ0v) is 11.3. The molecule has 1 aliphatic heterocycles. The van der Waals surface area contributed by atoms with Crippen LogP contribution in [0.5, 0.6) is 0 Å². The summed E-state index contributed by atoms with van der Waals surface area (Å²) in [6, 6.07) is 7.00. The number of carbonyl (C=O) groups excluding carboxylic acids is 1. The Morgan fingerprint density at radius 3 is 2.65 bits per heavy atom. The Morgan fingerprint density at radius 1 is 1.30 bits per heavy atom. The second kappa shape index (κ2) is 5.32. The molecule has 0 aliphatic carbocycles. The zero-order chi connectivity index (χ0) is 14.1. The summed E-state index contributed by atoms with van der Waals surface area (Å²) in [5.74, 6) is -0.393. The van der Waals surface area contributed by atoms with Gasteiger partial charge in [-0.25, -0.2) is 9.97 Å². The highest BCUT2D eigenvalue weighted by Gasteiger charge is 2.31. The maximum Gasteiger partial charge on any atom is 0.232 e. The lowest BCUT2D eigenvalue weighted by Crippen LogP contribution is -2.37. The number of hydrogen-bond acceptors (Lipinski definition) is 5. The summed E-state index contributed by atoms with van der Waals surface area (Å²) in [5.41, 5.74) is 7.15. The number of nitrogens with two attached hydrogens (primary N) is 1. The van der Waals surface area contributed by atoms with Gasteiger partial charge in [-0.2, -0.15) is 0 Å². The molecular formula is C13H13ClN4O2. The lowest BCUT2D eigenvalue weighted by atomic mass is 10.0. The average molecular weight is 293 g/mol. The van der Waals surface area contributed by atoms with Crippen molar-refractivity contribution in [3.63, 3.8) is 0 Å². The molecule has 2 aromatic rings. The molecule has 6 nitrogen and oxygen atoms in total. The van der Waals surface area contributed by atoms with E-state index in [1.54, 1.807) is 12.1 Å². The number of benzene rings is 1. The molecule has 0 saturated carbocycles. The van der Waals surface area contributed by atoms with Crippen LogP contribution < -0.4 is 11.1 Å². The van der Waals surface area contributed by atoms with Gasteiger partial charge in [0.05, 0.1) is 30.2 Å². The summed E-state index contributed by atoms with van der Waals surface area (Å²) in [6.45, 7) is 0.695. The third-order valence-electron chi connectivity index (χ3n) is 3.23. The van der Waals surface area contributed by atoms with Crippen LogP contribution in [0.1, 0.15) is 0 Å². The van der Waals surface area contributed by atoms with Crippen molar-refractivity contribution in [1.82, 2.24) is 9.97 Å². The highest BCUT2D eigenvalue weighted by Crippen LogP contribution is 2.22. The fraction of sp³-hybridized carbons (Fsp3) is 0.308. The Labute approximate surface area is 120 Å². The predicted molar refractivity (Wildman–Crippen MR) is 75.5 cm³/mol. The van der Waals surface area contributed by atoms with E-state index in [0.29, 0.717) is 24.2 Å². The van der Waals surface area contributed by atoms with Crippen molar-refractivity contribution in [2.75, 3.05) is 18.5 Å². The minimum Gasteiger partial charge on any atom is -0.379 e. The maximum absolute atomic E-state index is 12.1. The molecule has 1 amide bonds. The number of fused-ring (bicyclic) bond motifs is 1. The van der Waals surface area contributed by atoms with E-state index in [4.69, 9.17) is 22.1 Å². The van der Waals surface area contributed by atoms with Crippen LogP contribution in [0.4, 0.5) is 5.82 Å². The second-order valence-electron chi connectivity index (χ2n) is 4.65. The Balaban J connectivity index is 1.86. The quantitative estimate of drug-likeness (QED) is 0.868. The Morgan fingerprint density at radius 2 is 2.00 bits per heavy atom. The molecule has 2 atom stereocenters. The summed E-state index contributed by atoms with van der Waals surface area (Å²) in [6.07, 6.45) is 0. The molecule has 3 rings (SSSR count). The predicted octanol–water partition coefficient (Wildman–Crippen LogP) is 1.20. The number of halogens is 1. The van der Waals surface area contributed by atoms with E-state index in [1.165, 1.54) is 0 Å². The Bertz CT molecular complexity index is 664. The van der Waals surface area contributed by atoms with Crippen LogP contribution >= 0.6 is 11.6 Å². The molecule has 3 N–H and O–H groups in total.